The highest BCUT2D eigenvalue weighted by atomic mass is 32.2. The van der Waals surface area contributed by atoms with Gasteiger partial charge in [0.05, 0.1) is 10.6 Å². The van der Waals surface area contributed by atoms with Crippen LogP contribution in [0.25, 0.3) is 0 Å². The van der Waals surface area contributed by atoms with E-state index in [1.807, 2.05) is 20.8 Å². The molecule has 0 saturated carbocycles. The average Bonchev–Trinajstić information content (AvgIpc) is 3.08. The minimum atomic E-state index is -4.08. The van der Waals surface area contributed by atoms with E-state index >= 15 is 0 Å². The zero-order valence-electron chi connectivity index (χ0n) is 16.9. The van der Waals surface area contributed by atoms with Gasteiger partial charge in [-0.2, -0.15) is 0 Å². The Hall–Kier alpha value is -2.87. The molecule has 2 aromatic rings. The van der Waals surface area contributed by atoms with Gasteiger partial charge in [0, 0.05) is 30.3 Å². The van der Waals surface area contributed by atoms with Crippen LogP contribution in [-0.4, -0.2) is 32.3 Å². The first-order valence-corrected chi connectivity index (χ1v) is 10.8. The topological polar surface area (TPSA) is 95.6 Å². The number of hydrogen-bond acceptors (Lipinski definition) is 5. The van der Waals surface area contributed by atoms with Gasteiger partial charge >= 0.3 is 0 Å². The molecule has 29 heavy (non-hydrogen) atoms. The largest absolute Gasteiger partial charge is 0.384 e. The van der Waals surface area contributed by atoms with Crippen LogP contribution in [0, 0.1) is 0 Å². The molecule has 3 rings (SSSR count). The lowest BCUT2D eigenvalue weighted by molar-refractivity contribution is -0.115. The lowest BCUT2D eigenvalue weighted by Crippen LogP contribution is -2.40. The lowest BCUT2D eigenvalue weighted by Gasteiger charge is -2.23. The third-order valence-corrected chi connectivity index (χ3v) is 6.26. The highest BCUT2D eigenvalue weighted by Gasteiger charge is 2.30. The summed E-state index contributed by atoms with van der Waals surface area (Å²) in [6, 6.07) is 10.8. The number of amides is 2. The van der Waals surface area contributed by atoms with Gasteiger partial charge < -0.3 is 10.6 Å². The van der Waals surface area contributed by atoms with Crippen LogP contribution in [0.4, 0.5) is 11.4 Å². The van der Waals surface area contributed by atoms with Crippen LogP contribution in [-0.2, 0) is 21.2 Å². The monoisotopic (exact) mass is 415 g/mol. The SMILES string of the molecule is CC(=O)N(c1ccc(C(=O)NC(C)(C)C)cc1)S(=O)(=O)c1ccc2c(c1)CCN2. The van der Waals surface area contributed by atoms with E-state index in [-0.39, 0.29) is 16.5 Å². The molecule has 2 aromatic carbocycles. The molecule has 0 atom stereocenters. The fraction of sp³-hybridized carbons (Fsp3) is 0.333. The van der Waals surface area contributed by atoms with Gasteiger partial charge in [-0.05, 0) is 75.2 Å². The summed E-state index contributed by atoms with van der Waals surface area (Å²) in [4.78, 5) is 24.6. The molecule has 1 aliphatic rings. The molecule has 0 radical (unpaired) electrons. The maximum Gasteiger partial charge on any atom is 0.270 e. The molecule has 1 heterocycles. The molecule has 2 amide bonds. The van der Waals surface area contributed by atoms with Crippen molar-refractivity contribution >= 4 is 33.2 Å². The highest BCUT2D eigenvalue weighted by molar-refractivity contribution is 7.93. The molecule has 0 bridgehead atoms. The molecule has 0 saturated heterocycles. The van der Waals surface area contributed by atoms with Gasteiger partial charge in [-0.3, -0.25) is 9.59 Å². The summed E-state index contributed by atoms with van der Waals surface area (Å²) in [5.41, 5.74) is 1.99. The van der Waals surface area contributed by atoms with Crippen LogP contribution in [0.15, 0.2) is 47.4 Å². The number of hydrogen-bond donors (Lipinski definition) is 2. The third kappa shape index (κ3) is 4.42. The van der Waals surface area contributed by atoms with Crippen LogP contribution in [0.1, 0.15) is 43.6 Å². The molecule has 0 aromatic heterocycles. The van der Waals surface area contributed by atoms with Crippen LogP contribution in [0.5, 0.6) is 0 Å². The molecule has 154 valence electrons. The number of carbonyl (C=O) groups is 2. The second-order valence-corrected chi connectivity index (χ2v) is 9.82. The first-order valence-electron chi connectivity index (χ1n) is 9.34. The van der Waals surface area contributed by atoms with E-state index in [2.05, 4.69) is 10.6 Å². The van der Waals surface area contributed by atoms with Gasteiger partial charge in [-0.1, -0.05) is 0 Å². The maximum absolute atomic E-state index is 13.2. The molecule has 0 unspecified atom stereocenters. The smallest absolute Gasteiger partial charge is 0.270 e. The zero-order valence-corrected chi connectivity index (χ0v) is 17.8. The Labute approximate surface area is 171 Å². The van der Waals surface area contributed by atoms with Crippen molar-refractivity contribution in [1.82, 2.24) is 5.32 Å². The molecular formula is C21H25N3O4S. The van der Waals surface area contributed by atoms with Crippen LogP contribution in [0.3, 0.4) is 0 Å². The second-order valence-electron chi connectivity index (χ2n) is 8.04. The van der Waals surface area contributed by atoms with Gasteiger partial charge in [0.2, 0.25) is 5.91 Å². The van der Waals surface area contributed by atoms with E-state index < -0.39 is 21.5 Å². The standard InChI is InChI=1S/C21H25N3O4S/c1-14(25)24(17-7-5-15(6-8-17)20(26)23-21(2,3)4)29(27,28)18-9-10-19-16(13-18)11-12-22-19/h5-10,13,22H,11-12H2,1-4H3,(H,23,26). The molecule has 1 aliphatic heterocycles. The van der Waals surface area contributed by atoms with E-state index in [0.29, 0.717) is 5.56 Å². The normalized spacial score (nSPS) is 13.4. The molecule has 0 aliphatic carbocycles. The predicted molar refractivity (Wildman–Crippen MR) is 113 cm³/mol. The minimum absolute atomic E-state index is 0.0599. The lowest BCUT2D eigenvalue weighted by atomic mass is 10.1. The molecule has 7 nitrogen and oxygen atoms in total. The van der Waals surface area contributed by atoms with Crippen molar-refractivity contribution < 1.29 is 18.0 Å². The van der Waals surface area contributed by atoms with Gasteiger partial charge in [-0.15, -0.1) is 0 Å². The van der Waals surface area contributed by atoms with Crippen molar-refractivity contribution in [2.24, 2.45) is 0 Å². The summed E-state index contributed by atoms with van der Waals surface area (Å²) in [5.74, 6) is -0.900. The van der Waals surface area contributed by atoms with Crippen molar-refractivity contribution in [3.05, 3.63) is 53.6 Å². The van der Waals surface area contributed by atoms with Gasteiger partial charge in [0.1, 0.15) is 0 Å². The van der Waals surface area contributed by atoms with Crippen molar-refractivity contribution in [3.8, 4) is 0 Å². The second kappa shape index (κ2) is 7.51. The quantitative estimate of drug-likeness (QED) is 0.801. The van der Waals surface area contributed by atoms with Gasteiger partial charge in [-0.25, -0.2) is 12.7 Å². The number of benzene rings is 2. The number of nitrogens with one attached hydrogen (secondary N) is 2. The first kappa shape index (κ1) is 20.9. The Morgan fingerprint density at radius 1 is 1.07 bits per heavy atom. The van der Waals surface area contributed by atoms with Crippen molar-refractivity contribution in [1.29, 1.82) is 0 Å². The van der Waals surface area contributed by atoms with E-state index in [9.17, 15) is 18.0 Å². The number of rotatable bonds is 4. The first-order chi connectivity index (χ1) is 13.5. The number of fused-ring (bicyclic) bond motifs is 1. The Morgan fingerprint density at radius 3 is 2.31 bits per heavy atom. The van der Waals surface area contributed by atoms with Crippen molar-refractivity contribution in [3.63, 3.8) is 0 Å². The Morgan fingerprint density at radius 2 is 1.72 bits per heavy atom. The summed E-state index contributed by atoms with van der Waals surface area (Å²) < 4.78 is 27.1. The van der Waals surface area contributed by atoms with E-state index in [1.165, 1.54) is 37.3 Å². The van der Waals surface area contributed by atoms with E-state index in [4.69, 9.17) is 0 Å². The zero-order chi connectivity index (χ0) is 21.4. The van der Waals surface area contributed by atoms with Gasteiger partial charge in [0.15, 0.2) is 0 Å². The Balaban J connectivity index is 1.93. The number of anilines is 2. The fourth-order valence-electron chi connectivity index (χ4n) is 3.20. The molecule has 2 N–H and O–H groups in total. The summed E-state index contributed by atoms with van der Waals surface area (Å²) in [7, 11) is -4.08. The van der Waals surface area contributed by atoms with Crippen molar-refractivity contribution in [2.75, 3.05) is 16.2 Å². The predicted octanol–water partition coefficient (Wildman–Crippen LogP) is 2.92. The summed E-state index contributed by atoms with van der Waals surface area (Å²) >= 11 is 0. The number of nitrogens with zero attached hydrogens (tertiary/aromatic N) is 1. The van der Waals surface area contributed by atoms with E-state index in [0.717, 1.165) is 28.5 Å². The third-order valence-electron chi connectivity index (χ3n) is 4.46. The molecular weight excluding hydrogens is 390 g/mol. The van der Waals surface area contributed by atoms with Crippen LogP contribution < -0.4 is 14.9 Å². The Kier molecular flexibility index (Phi) is 5.40. The van der Waals surface area contributed by atoms with E-state index in [1.54, 1.807) is 12.1 Å². The molecule has 0 spiro atoms. The molecule has 0 fully saturated rings. The number of sulfonamides is 1. The number of carbonyl (C=O) groups excluding carboxylic acids is 2. The minimum Gasteiger partial charge on any atom is -0.384 e. The average molecular weight is 416 g/mol. The summed E-state index contributed by atoms with van der Waals surface area (Å²) in [6.07, 6.45) is 0.732. The van der Waals surface area contributed by atoms with Crippen molar-refractivity contribution in [2.45, 2.75) is 44.6 Å². The summed E-state index contributed by atoms with van der Waals surface area (Å²) in [6.45, 7) is 7.57. The highest BCUT2D eigenvalue weighted by Crippen LogP contribution is 2.29. The van der Waals surface area contributed by atoms with Gasteiger partial charge in [0.25, 0.3) is 15.9 Å². The summed E-state index contributed by atoms with van der Waals surface area (Å²) in [5, 5.41) is 6.03. The van der Waals surface area contributed by atoms with Crippen LogP contribution in [0.2, 0.25) is 0 Å². The van der Waals surface area contributed by atoms with Crippen LogP contribution >= 0.6 is 0 Å². The molecule has 8 heteroatoms. The maximum atomic E-state index is 13.2. The fourth-order valence-corrected chi connectivity index (χ4v) is 4.68. The Bertz CT molecular complexity index is 1050.